The lowest BCUT2D eigenvalue weighted by Gasteiger charge is -2.35. The van der Waals surface area contributed by atoms with Crippen molar-refractivity contribution in [3.8, 4) is 0 Å². The van der Waals surface area contributed by atoms with Gasteiger partial charge in [0.1, 0.15) is 0 Å². The number of piperidine rings is 1. The van der Waals surface area contributed by atoms with Crippen molar-refractivity contribution in [2.45, 2.75) is 33.1 Å². The van der Waals surface area contributed by atoms with Gasteiger partial charge in [-0.15, -0.1) is 0 Å². The highest BCUT2D eigenvalue weighted by Gasteiger charge is 2.28. The molecule has 2 aliphatic rings. The molecule has 0 bridgehead atoms. The van der Waals surface area contributed by atoms with Crippen molar-refractivity contribution >= 4 is 5.91 Å². The van der Waals surface area contributed by atoms with E-state index in [0.717, 1.165) is 39.0 Å². The third-order valence-electron chi connectivity index (χ3n) is 4.49. The smallest absolute Gasteiger partial charge is 0.236 e. The molecule has 19 heavy (non-hydrogen) atoms. The predicted octanol–water partition coefficient (Wildman–Crippen LogP) is 1.20. The van der Waals surface area contributed by atoms with Gasteiger partial charge in [-0.2, -0.15) is 0 Å². The maximum Gasteiger partial charge on any atom is 0.236 e. The van der Waals surface area contributed by atoms with Crippen LogP contribution in [0.1, 0.15) is 33.1 Å². The minimum Gasteiger partial charge on any atom is -0.396 e. The van der Waals surface area contributed by atoms with Gasteiger partial charge in [0.15, 0.2) is 0 Å². The zero-order chi connectivity index (χ0) is 13.8. The van der Waals surface area contributed by atoms with Crippen LogP contribution < -0.4 is 0 Å². The Morgan fingerprint density at radius 2 is 1.89 bits per heavy atom. The number of hydrogen-bond acceptors (Lipinski definition) is 3. The van der Waals surface area contributed by atoms with Crippen LogP contribution in [0.5, 0.6) is 0 Å². The number of likely N-dealkylation sites (tertiary alicyclic amines) is 2. The molecule has 110 valence electrons. The molecule has 4 heteroatoms. The average Bonchev–Trinajstić information content (AvgIpc) is 2.76. The second kappa shape index (κ2) is 6.71. The number of aliphatic hydroxyl groups excluding tert-OH is 1. The van der Waals surface area contributed by atoms with E-state index in [2.05, 4.69) is 23.6 Å². The Kier molecular flexibility index (Phi) is 5.22. The minimum absolute atomic E-state index is 0.271. The van der Waals surface area contributed by atoms with Gasteiger partial charge in [0.25, 0.3) is 0 Å². The molecule has 2 aliphatic heterocycles. The lowest BCUT2D eigenvalue weighted by atomic mass is 9.92. The lowest BCUT2D eigenvalue weighted by molar-refractivity contribution is -0.134. The Hall–Kier alpha value is -0.610. The van der Waals surface area contributed by atoms with Crippen molar-refractivity contribution in [3.63, 3.8) is 0 Å². The molecule has 0 aromatic heterocycles. The van der Waals surface area contributed by atoms with Gasteiger partial charge in [-0.3, -0.25) is 9.69 Å². The SMILES string of the molecule is CC1CC(C)CN(C(=O)CN2CCC(CCO)C2)C1. The van der Waals surface area contributed by atoms with Gasteiger partial charge < -0.3 is 10.0 Å². The molecule has 2 saturated heterocycles. The van der Waals surface area contributed by atoms with Crippen molar-refractivity contribution < 1.29 is 9.90 Å². The van der Waals surface area contributed by atoms with Crippen LogP contribution in [0.25, 0.3) is 0 Å². The van der Waals surface area contributed by atoms with Crippen molar-refractivity contribution in [2.75, 3.05) is 39.3 Å². The van der Waals surface area contributed by atoms with Gasteiger partial charge in [0, 0.05) is 26.2 Å². The molecule has 3 unspecified atom stereocenters. The number of hydrogen-bond donors (Lipinski definition) is 1. The van der Waals surface area contributed by atoms with E-state index >= 15 is 0 Å². The third-order valence-corrected chi connectivity index (χ3v) is 4.49. The van der Waals surface area contributed by atoms with Crippen molar-refractivity contribution in [1.82, 2.24) is 9.80 Å². The summed E-state index contributed by atoms with van der Waals surface area (Å²) in [6.07, 6.45) is 3.25. The molecule has 0 aliphatic carbocycles. The first-order valence-electron chi connectivity index (χ1n) is 7.69. The first-order chi connectivity index (χ1) is 9.08. The first-order valence-corrected chi connectivity index (χ1v) is 7.69. The van der Waals surface area contributed by atoms with E-state index in [-0.39, 0.29) is 6.61 Å². The Morgan fingerprint density at radius 3 is 2.53 bits per heavy atom. The van der Waals surface area contributed by atoms with Crippen LogP contribution in [-0.2, 0) is 4.79 Å². The van der Waals surface area contributed by atoms with Gasteiger partial charge in [-0.05, 0) is 43.6 Å². The van der Waals surface area contributed by atoms with E-state index in [4.69, 9.17) is 5.11 Å². The molecule has 1 amide bonds. The molecule has 3 atom stereocenters. The molecule has 2 heterocycles. The van der Waals surface area contributed by atoms with Crippen LogP contribution in [-0.4, -0.2) is 60.1 Å². The molecule has 0 spiro atoms. The Labute approximate surface area is 116 Å². The molecule has 0 radical (unpaired) electrons. The highest BCUT2D eigenvalue weighted by Crippen LogP contribution is 2.22. The first kappa shape index (κ1) is 14.8. The molecule has 0 saturated carbocycles. The predicted molar refractivity (Wildman–Crippen MR) is 75.8 cm³/mol. The molecule has 1 N–H and O–H groups in total. The summed E-state index contributed by atoms with van der Waals surface area (Å²) < 4.78 is 0. The largest absolute Gasteiger partial charge is 0.396 e. The van der Waals surface area contributed by atoms with Gasteiger partial charge in [0.05, 0.1) is 6.54 Å². The van der Waals surface area contributed by atoms with Gasteiger partial charge in [0.2, 0.25) is 5.91 Å². The fourth-order valence-electron chi connectivity index (χ4n) is 3.63. The zero-order valence-corrected chi connectivity index (χ0v) is 12.3. The van der Waals surface area contributed by atoms with Gasteiger partial charge in [-0.25, -0.2) is 0 Å². The second-order valence-electron chi connectivity index (χ2n) is 6.65. The van der Waals surface area contributed by atoms with Crippen LogP contribution in [0.15, 0.2) is 0 Å². The summed E-state index contributed by atoms with van der Waals surface area (Å²) >= 11 is 0. The summed E-state index contributed by atoms with van der Waals surface area (Å²) in [5.41, 5.74) is 0. The highest BCUT2D eigenvalue weighted by atomic mass is 16.3. The van der Waals surface area contributed by atoms with E-state index in [0.29, 0.717) is 30.2 Å². The fourth-order valence-corrected chi connectivity index (χ4v) is 3.63. The third kappa shape index (κ3) is 4.18. The Bertz CT molecular complexity index is 299. The number of rotatable bonds is 4. The van der Waals surface area contributed by atoms with E-state index in [1.54, 1.807) is 0 Å². The fraction of sp³-hybridized carbons (Fsp3) is 0.933. The number of amides is 1. The van der Waals surface area contributed by atoms with E-state index in [1.807, 2.05) is 0 Å². The van der Waals surface area contributed by atoms with Crippen molar-refractivity contribution in [1.29, 1.82) is 0 Å². The summed E-state index contributed by atoms with van der Waals surface area (Å²) in [5.74, 6) is 2.14. The maximum atomic E-state index is 12.3. The summed E-state index contributed by atoms with van der Waals surface area (Å²) in [7, 11) is 0. The summed E-state index contributed by atoms with van der Waals surface area (Å²) in [5, 5.41) is 8.96. The summed E-state index contributed by atoms with van der Waals surface area (Å²) in [6, 6.07) is 0. The molecule has 2 rings (SSSR count). The number of carbonyl (C=O) groups is 1. The second-order valence-corrected chi connectivity index (χ2v) is 6.65. The highest BCUT2D eigenvalue weighted by molar-refractivity contribution is 5.78. The van der Waals surface area contributed by atoms with Gasteiger partial charge in [-0.1, -0.05) is 13.8 Å². The quantitative estimate of drug-likeness (QED) is 0.833. The number of carbonyl (C=O) groups excluding carboxylic acids is 1. The molecule has 2 fully saturated rings. The van der Waals surface area contributed by atoms with Crippen LogP contribution in [0.3, 0.4) is 0 Å². The van der Waals surface area contributed by atoms with Crippen molar-refractivity contribution in [2.24, 2.45) is 17.8 Å². The van der Waals surface area contributed by atoms with Crippen LogP contribution in [0, 0.1) is 17.8 Å². The normalized spacial score (nSPS) is 32.8. The molecule has 0 aromatic carbocycles. The standard InChI is InChI=1S/C15H28N2O2/c1-12-7-13(2)9-17(8-12)15(19)11-16-5-3-14(10-16)4-6-18/h12-14,18H,3-11H2,1-2H3. The zero-order valence-electron chi connectivity index (χ0n) is 12.3. The molecular weight excluding hydrogens is 240 g/mol. The van der Waals surface area contributed by atoms with Crippen LogP contribution in [0.2, 0.25) is 0 Å². The Morgan fingerprint density at radius 1 is 1.21 bits per heavy atom. The van der Waals surface area contributed by atoms with E-state index in [9.17, 15) is 4.79 Å². The maximum absolute atomic E-state index is 12.3. The average molecular weight is 268 g/mol. The monoisotopic (exact) mass is 268 g/mol. The van der Waals surface area contributed by atoms with E-state index in [1.165, 1.54) is 6.42 Å². The topological polar surface area (TPSA) is 43.8 Å². The van der Waals surface area contributed by atoms with Gasteiger partial charge >= 0.3 is 0 Å². The molecular formula is C15H28N2O2. The van der Waals surface area contributed by atoms with Crippen LogP contribution in [0.4, 0.5) is 0 Å². The summed E-state index contributed by atoms with van der Waals surface area (Å²) in [4.78, 5) is 16.7. The molecule has 0 aromatic rings. The molecule has 4 nitrogen and oxygen atoms in total. The number of aliphatic hydroxyl groups is 1. The Balaban J connectivity index is 1.78. The lowest BCUT2D eigenvalue weighted by Crippen LogP contribution is -2.46. The minimum atomic E-state index is 0.271. The number of nitrogens with zero attached hydrogens (tertiary/aromatic N) is 2. The van der Waals surface area contributed by atoms with Crippen molar-refractivity contribution in [3.05, 3.63) is 0 Å². The van der Waals surface area contributed by atoms with E-state index < -0.39 is 0 Å². The summed E-state index contributed by atoms with van der Waals surface area (Å²) in [6.45, 7) is 9.16. The van der Waals surface area contributed by atoms with Crippen LogP contribution >= 0.6 is 0 Å².